The molecule has 0 N–H and O–H groups in total. The Balaban J connectivity index is 0.00000300. The Bertz CT molecular complexity index is 770. The van der Waals surface area contributed by atoms with Gasteiger partial charge in [0.25, 0.3) is 0 Å². The molecule has 0 aliphatic carbocycles. The molecule has 0 unspecified atom stereocenters. The van der Waals surface area contributed by atoms with Crippen LogP contribution in [0.3, 0.4) is 0 Å². The Morgan fingerprint density at radius 3 is 1.48 bits per heavy atom. The average molecular weight is 471 g/mol. The first-order chi connectivity index (χ1) is 13.6. The van der Waals surface area contributed by atoms with Gasteiger partial charge in [-0.05, 0) is 50.2 Å². The molecule has 29 heavy (non-hydrogen) atoms. The van der Waals surface area contributed by atoms with Crippen molar-refractivity contribution in [1.29, 1.82) is 0 Å². The molecule has 152 valence electrons. The standard InChI is InChI=1S/C25H28O2P.BrH/c1-21(2)27-19-18-22(26)20-28(23-12-6-3-7-13-23,24-14-8-4-9-15-24)25-16-10-5-11-17-25;/h3-17,21H,18-20H2,1-2H3;1H/q+1;/p-1. The van der Waals surface area contributed by atoms with Gasteiger partial charge >= 0.3 is 0 Å². The van der Waals surface area contributed by atoms with Crippen molar-refractivity contribution in [3.63, 3.8) is 0 Å². The van der Waals surface area contributed by atoms with Gasteiger partial charge in [-0.1, -0.05) is 54.6 Å². The second-order valence-electron chi connectivity index (χ2n) is 7.18. The number of ether oxygens (including phenoxy) is 1. The maximum atomic E-state index is 13.1. The van der Waals surface area contributed by atoms with Crippen molar-refractivity contribution >= 4 is 29.0 Å². The first kappa shape index (κ1) is 23.5. The molecule has 0 aliphatic rings. The third-order valence-electron chi connectivity index (χ3n) is 4.84. The molecule has 4 heteroatoms. The molecule has 0 aliphatic heterocycles. The van der Waals surface area contributed by atoms with Crippen LogP contribution in [0.5, 0.6) is 0 Å². The van der Waals surface area contributed by atoms with Crippen molar-refractivity contribution in [3.05, 3.63) is 91.0 Å². The van der Waals surface area contributed by atoms with Crippen molar-refractivity contribution < 1.29 is 26.5 Å². The molecule has 3 rings (SSSR count). The quantitative estimate of drug-likeness (QED) is 0.441. The summed E-state index contributed by atoms with van der Waals surface area (Å²) in [7, 11) is -2.08. The van der Waals surface area contributed by atoms with E-state index in [1.54, 1.807) is 0 Å². The summed E-state index contributed by atoms with van der Waals surface area (Å²) in [6.45, 7) is 4.48. The Kier molecular flexibility index (Phi) is 9.23. The van der Waals surface area contributed by atoms with Gasteiger partial charge in [0.15, 0.2) is 5.78 Å². The zero-order chi connectivity index (χ0) is 19.8. The van der Waals surface area contributed by atoms with Gasteiger partial charge < -0.3 is 21.7 Å². The largest absolute Gasteiger partial charge is 1.00 e. The number of carbonyl (C=O) groups is 1. The molecule has 0 bridgehead atoms. The van der Waals surface area contributed by atoms with E-state index in [0.29, 0.717) is 19.2 Å². The molecule has 3 aromatic rings. The average Bonchev–Trinajstić information content (AvgIpc) is 2.74. The molecule has 0 atom stereocenters. The van der Waals surface area contributed by atoms with Gasteiger partial charge in [0.1, 0.15) is 29.3 Å². The van der Waals surface area contributed by atoms with Crippen LogP contribution >= 0.6 is 7.26 Å². The first-order valence-electron chi connectivity index (χ1n) is 9.81. The number of benzene rings is 3. The fourth-order valence-corrected chi connectivity index (χ4v) is 7.69. The van der Waals surface area contributed by atoms with Gasteiger partial charge in [0, 0.05) is 6.42 Å². The lowest BCUT2D eigenvalue weighted by atomic mass is 10.3. The maximum absolute atomic E-state index is 13.1. The highest BCUT2D eigenvalue weighted by Crippen LogP contribution is 2.55. The summed E-state index contributed by atoms with van der Waals surface area (Å²) < 4.78 is 5.64. The fraction of sp³-hybridized carbons (Fsp3) is 0.240. The monoisotopic (exact) mass is 470 g/mol. The van der Waals surface area contributed by atoms with Gasteiger partial charge in [0.2, 0.25) is 0 Å². The maximum Gasteiger partial charge on any atom is 0.173 e. The number of hydrogen-bond donors (Lipinski definition) is 0. The second-order valence-corrected chi connectivity index (χ2v) is 10.7. The van der Waals surface area contributed by atoms with Crippen LogP contribution in [0.4, 0.5) is 0 Å². The van der Waals surface area contributed by atoms with Gasteiger partial charge in [0.05, 0.1) is 12.7 Å². The summed E-state index contributed by atoms with van der Waals surface area (Å²) in [6, 6.07) is 31.6. The topological polar surface area (TPSA) is 26.3 Å². The van der Waals surface area contributed by atoms with E-state index in [1.165, 1.54) is 15.9 Å². The lowest BCUT2D eigenvalue weighted by Crippen LogP contribution is -3.00. The van der Waals surface area contributed by atoms with E-state index in [2.05, 4.69) is 72.8 Å². The summed E-state index contributed by atoms with van der Waals surface area (Å²) in [6.07, 6.45) is 1.11. The minimum absolute atomic E-state index is 0. The summed E-state index contributed by atoms with van der Waals surface area (Å²) in [5.41, 5.74) is 0. The molecule has 0 radical (unpaired) electrons. The van der Waals surface area contributed by atoms with Crippen LogP contribution in [0.15, 0.2) is 91.0 Å². The minimum Gasteiger partial charge on any atom is -1.00 e. The number of carbonyl (C=O) groups excluding carboxylic acids is 1. The number of Topliss-reactive ketones (excluding diaryl/α,β-unsaturated/α-hetero) is 1. The van der Waals surface area contributed by atoms with Gasteiger partial charge in [-0.3, -0.25) is 4.79 Å². The van der Waals surface area contributed by atoms with Crippen LogP contribution in [-0.4, -0.2) is 24.7 Å². The number of ketones is 1. The lowest BCUT2D eigenvalue weighted by molar-refractivity contribution is -0.118. The predicted molar refractivity (Wildman–Crippen MR) is 121 cm³/mol. The van der Waals surface area contributed by atoms with E-state index >= 15 is 0 Å². The normalized spacial score (nSPS) is 11.1. The number of hydrogen-bond acceptors (Lipinski definition) is 2. The summed E-state index contributed by atoms with van der Waals surface area (Å²) in [5.74, 6) is 0.255. The Labute approximate surface area is 185 Å². The molecule has 0 saturated heterocycles. The predicted octanol–water partition coefficient (Wildman–Crippen LogP) is 1.37. The first-order valence-corrected chi connectivity index (χ1v) is 11.8. The Morgan fingerprint density at radius 1 is 0.759 bits per heavy atom. The van der Waals surface area contributed by atoms with Crippen molar-refractivity contribution in [3.8, 4) is 0 Å². The molecular weight excluding hydrogens is 443 g/mol. The third-order valence-corrected chi connectivity index (χ3v) is 9.20. The summed E-state index contributed by atoms with van der Waals surface area (Å²) >= 11 is 0. The number of halogens is 1. The van der Waals surface area contributed by atoms with E-state index in [0.717, 1.165) is 0 Å². The zero-order valence-corrected chi connectivity index (χ0v) is 19.5. The van der Waals surface area contributed by atoms with Crippen LogP contribution in [-0.2, 0) is 9.53 Å². The van der Waals surface area contributed by atoms with E-state index in [1.807, 2.05) is 32.0 Å². The Morgan fingerprint density at radius 2 is 1.14 bits per heavy atom. The van der Waals surface area contributed by atoms with Crippen molar-refractivity contribution in [2.75, 3.05) is 12.8 Å². The van der Waals surface area contributed by atoms with E-state index in [9.17, 15) is 4.79 Å². The van der Waals surface area contributed by atoms with Crippen molar-refractivity contribution in [2.24, 2.45) is 0 Å². The minimum atomic E-state index is -2.08. The molecule has 0 aromatic heterocycles. The molecule has 0 fully saturated rings. The molecule has 0 amide bonds. The van der Waals surface area contributed by atoms with Gasteiger partial charge in [-0.25, -0.2) is 0 Å². The Hall–Kier alpha value is -1.80. The van der Waals surface area contributed by atoms with Crippen molar-refractivity contribution in [1.82, 2.24) is 0 Å². The zero-order valence-electron chi connectivity index (χ0n) is 17.0. The lowest BCUT2D eigenvalue weighted by Gasteiger charge is -2.27. The molecular formula is C25H28BrO2P. The van der Waals surface area contributed by atoms with Crippen LogP contribution in [0.1, 0.15) is 20.3 Å². The highest BCUT2D eigenvalue weighted by molar-refractivity contribution is 7.96. The molecule has 0 heterocycles. The van der Waals surface area contributed by atoms with Crippen LogP contribution in [0, 0.1) is 0 Å². The fourth-order valence-electron chi connectivity index (χ4n) is 3.52. The number of rotatable bonds is 9. The van der Waals surface area contributed by atoms with Gasteiger partial charge in [-0.2, -0.15) is 0 Å². The van der Waals surface area contributed by atoms with E-state index in [4.69, 9.17) is 4.74 Å². The van der Waals surface area contributed by atoms with Crippen LogP contribution < -0.4 is 32.9 Å². The third kappa shape index (κ3) is 5.85. The summed E-state index contributed by atoms with van der Waals surface area (Å²) in [4.78, 5) is 13.1. The highest BCUT2D eigenvalue weighted by atomic mass is 79.9. The van der Waals surface area contributed by atoms with E-state index < -0.39 is 7.26 Å². The molecule has 0 spiro atoms. The van der Waals surface area contributed by atoms with Crippen molar-refractivity contribution in [2.45, 2.75) is 26.4 Å². The van der Waals surface area contributed by atoms with E-state index in [-0.39, 0.29) is 28.9 Å². The smallest absolute Gasteiger partial charge is 0.173 e. The van der Waals surface area contributed by atoms with Crippen LogP contribution in [0.2, 0.25) is 0 Å². The summed E-state index contributed by atoms with van der Waals surface area (Å²) in [5, 5.41) is 3.72. The second kappa shape index (κ2) is 11.4. The highest BCUT2D eigenvalue weighted by Gasteiger charge is 2.46. The molecule has 0 saturated carbocycles. The molecule has 3 aromatic carbocycles. The van der Waals surface area contributed by atoms with Gasteiger partial charge in [-0.15, -0.1) is 0 Å². The molecule has 2 nitrogen and oxygen atoms in total. The van der Waals surface area contributed by atoms with Crippen LogP contribution in [0.25, 0.3) is 0 Å². The SMILES string of the molecule is CC(C)OCCC(=O)C[P+](c1ccccc1)(c1ccccc1)c1ccccc1.[Br-].